The fraction of sp³-hybridized carbons (Fsp3) is 0.900. The molecule has 1 fully saturated rings. The van der Waals surface area contributed by atoms with E-state index in [9.17, 15) is 13.2 Å². The average molecular weight is 269 g/mol. The van der Waals surface area contributed by atoms with E-state index in [2.05, 4.69) is 0 Å². The van der Waals surface area contributed by atoms with Crippen molar-refractivity contribution in [2.24, 2.45) is 5.92 Å². The van der Waals surface area contributed by atoms with Crippen molar-refractivity contribution in [3.63, 3.8) is 0 Å². The fourth-order valence-corrected chi connectivity index (χ4v) is 3.52. The van der Waals surface area contributed by atoms with Gasteiger partial charge in [-0.3, -0.25) is 4.79 Å². The van der Waals surface area contributed by atoms with Crippen LogP contribution in [0.1, 0.15) is 26.7 Å². The minimum Gasteiger partial charge on any atom is -0.381 e. The summed E-state index contributed by atoms with van der Waals surface area (Å²) in [5.74, 6) is 0.0935. The Labute approximate surface area is 101 Å². The summed E-state index contributed by atoms with van der Waals surface area (Å²) in [6.45, 7) is 3.90. The highest BCUT2D eigenvalue weighted by Gasteiger charge is 2.41. The van der Waals surface area contributed by atoms with E-state index in [0.717, 1.165) is 12.8 Å². The molecular formula is C10H17ClO4S. The van der Waals surface area contributed by atoms with Crippen molar-refractivity contribution in [2.45, 2.75) is 31.4 Å². The molecule has 0 saturated carbocycles. The van der Waals surface area contributed by atoms with Crippen molar-refractivity contribution in [1.29, 1.82) is 0 Å². The van der Waals surface area contributed by atoms with Gasteiger partial charge in [-0.15, -0.1) is 0 Å². The topological polar surface area (TPSA) is 60.4 Å². The maximum absolute atomic E-state index is 12.0. The summed E-state index contributed by atoms with van der Waals surface area (Å²) < 4.78 is 27.7. The van der Waals surface area contributed by atoms with Crippen LogP contribution in [0.2, 0.25) is 0 Å². The molecule has 94 valence electrons. The molecule has 0 amide bonds. The highest BCUT2D eigenvalue weighted by molar-refractivity contribution is 7.93. The normalized spacial score (nSPS) is 19.7. The molecule has 1 heterocycles. The Morgan fingerprint density at radius 2 is 1.88 bits per heavy atom. The third-order valence-electron chi connectivity index (χ3n) is 3.05. The number of hydrogen-bond acceptors (Lipinski definition) is 4. The molecule has 0 aromatic rings. The second-order valence-electron chi connectivity index (χ2n) is 4.62. The summed E-state index contributed by atoms with van der Waals surface area (Å²) in [4.78, 5) is 11.1. The summed E-state index contributed by atoms with van der Waals surface area (Å²) in [6.07, 6.45) is 1.46. The van der Waals surface area contributed by atoms with Gasteiger partial charge >= 0.3 is 0 Å². The van der Waals surface area contributed by atoms with E-state index >= 15 is 0 Å². The second-order valence-corrected chi connectivity index (χ2v) is 7.55. The molecule has 1 aliphatic heterocycles. The first-order chi connectivity index (χ1) is 7.27. The van der Waals surface area contributed by atoms with E-state index in [-0.39, 0.29) is 11.7 Å². The second kappa shape index (κ2) is 5.02. The van der Waals surface area contributed by atoms with Crippen LogP contribution >= 0.6 is 11.6 Å². The zero-order chi connectivity index (χ0) is 12.4. The molecule has 0 aromatic heterocycles. The summed E-state index contributed by atoms with van der Waals surface area (Å²) >= 11 is 5.33. The number of sulfone groups is 1. The molecule has 0 N–H and O–H groups in total. The Morgan fingerprint density at radius 3 is 2.31 bits per heavy atom. The maximum atomic E-state index is 12.0. The zero-order valence-corrected chi connectivity index (χ0v) is 11.1. The number of carbonyl (C=O) groups excluding carboxylic acids is 1. The van der Waals surface area contributed by atoms with Gasteiger partial charge in [-0.05, 0) is 44.2 Å². The minimum absolute atomic E-state index is 0.0157. The molecule has 1 rings (SSSR count). The van der Waals surface area contributed by atoms with Gasteiger partial charge in [-0.25, -0.2) is 8.42 Å². The minimum atomic E-state index is -3.50. The van der Waals surface area contributed by atoms with Crippen molar-refractivity contribution >= 4 is 26.7 Å². The molecule has 6 heteroatoms. The van der Waals surface area contributed by atoms with Gasteiger partial charge in [0.25, 0.3) is 0 Å². The van der Waals surface area contributed by atoms with E-state index in [1.165, 1.54) is 13.8 Å². The van der Waals surface area contributed by atoms with Gasteiger partial charge in [0.2, 0.25) is 5.24 Å². The third-order valence-corrected chi connectivity index (χ3v) is 6.28. The van der Waals surface area contributed by atoms with Gasteiger partial charge in [0.15, 0.2) is 9.84 Å². The monoisotopic (exact) mass is 268 g/mol. The lowest BCUT2D eigenvalue weighted by Gasteiger charge is -2.26. The summed E-state index contributed by atoms with van der Waals surface area (Å²) in [6, 6.07) is 0. The highest BCUT2D eigenvalue weighted by Crippen LogP contribution is 2.26. The Hall–Kier alpha value is -0.130. The lowest BCUT2D eigenvalue weighted by Crippen LogP contribution is -2.41. The molecule has 0 aliphatic carbocycles. The molecule has 4 nitrogen and oxygen atoms in total. The van der Waals surface area contributed by atoms with E-state index < -0.39 is 19.8 Å². The van der Waals surface area contributed by atoms with Gasteiger partial charge in [0, 0.05) is 13.2 Å². The lowest BCUT2D eigenvalue weighted by molar-refractivity contribution is -0.113. The van der Waals surface area contributed by atoms with Gasteiger partial charge in [-0.2, -0.15) is 0 Å². The van der Waals surface area contributed by atoms with E-state index in [1.54, 1.807) is 0 Å². The van der Waals surface area contributed by atoms with Crippen LogP contribution in [0, 0.1) is 5.92 Å². The Bertz CT molecular complexity index is 355. The van der Waals surface area contributed by atoms with E-state index in [1.807, 2.05) is 0 Å². The van der Waals surface area contributed by atoms with Gasteiger partial charge in [0.05, 0.1) is 5.75 Å². The van der Waals surface area contributed by atoms with Crippen molar-refractivity contribution in [3.05, 3.63) is 0 Å². The van der Waals surface area contributed by atoms with Crippen LogP contribution < -0.4 is 0 Å². The van der Waals surface area contributed by atoms with E-state index in [0.29, 0.717) is 13.2 Å². The van der Waals surface area contributed by atoms with Crippen molar-refractivity contribution in [2.75, 3.05) is 19.0 Å². The first kappa shape index (κ1) is 13.9. The fourth-order valence-electron chi connectivity index (χ4n) is 1.55. The predicted molar refractivity (Wildman–Crippen MR) is 62.3 cm³/mol. The summed E-state index contributed by atoms with van der Waals surface area (Å²) in [7, 11) is -3.50. The van der Waals surface area contributed by atoms with Crippen LogP contribution in [-0.4, -0.2) is 37.4 Å². The Kier molecular flexibility index (Phi) is 4.37. The molecule has 0 spiro atoms. The maximum Gasteiger partial charge on any atom is 0.242 e. The summed E-state index contributed by atoms with van der Waals surface area (Å²) in [5, 5.41) is -0.820. The van der Waals surface area contributed by atoms with Gasteiger partial charge in [-0.1, -0.05) is 0 Å². The Morgan fingerprint density at radius 1 is 1.38 bits per heavy atom. The smallest absolute Gasteiger partial charge is 0.242 e. The van der Waals surface area contributed by atoms with Gasteiger partial charge in [0.1, 0.15) is 4.75 Å². The largest absolute Gasteiger partial charge is 0.381 e. The number of halogens is 1. The number of carbonyl (C=O) groups is 1. The van der Waals surface area contributed by atoms with Crippen LogP contribution in [0.4, 0.5) is 0 Å². The molecule has 0 radical (unpaired) electrons. The standard InChI is InChI=1S/C10H17ClO4S/c1-10(2,9(11)12)16(13,14)7-8-3-5-15-6-4-8/h8H,3-7H2,1-2H3. The average Bonchev–Trinajstić information content (AvgIpc) is 2.18. The Balaban J connectivity index is 2.74. The highest BCUT2D eigenvalue weighted by atomic mass is 35.5. The molecule has 0 aromatic carbocycles. The molecule has 1 saturated heterocycles. The van der Waals surface area contributed by atoms with Gasteiger partial charge < -0.3 is 4.74 Å². The lowest BCUT2D eigenvalue weighted by atomic mass is 10.0. The molecule has 0 atom stereocenters. The molecular weight excluding hydrogens is 252 g/mol. The quantitative estimate of drug-likeness (QED) is 0.723. The van der Waals surface area contributed by atoms with E-state index in [4.69, 9.17) is 16.3 Å². The van der Waals surface area contributed by atoms with Crippen LogP contribution in [0.25, 0.3) is 0 Å². The molecule has 0 bridgehead atoms. The summed E-state index contributed by atoms with van der Waals surface area (Å²) in [5.41, 5.74) is 0. The number of hydrogen-bond donors (Lipinski definition) is 0. The van der Waals surface area contributed by atoms with Crippen LogP contribution in [-0.2, 0) is 19.4 Å². The van der Waals surface area contributed by atoms with Crippen LogP contribution in [0.5, 0.6) is 0 Å². The first-order valence-corrected chi connectivity index (χ1v) is 7.30. The first-order valence-electron chi connectivity index (χ1n) is 5.27. The predicted octanol–water partition coefficient (Wildman–Crippen LogP) is 1.37. The van der Waals surface area contributed by atoms with Crippen LogP contribution in [0.3, 0.4) is 0 Å². The van der Waals surface area contributed by atoms with Crippen molar-refractivity contribution < 1.29 is 17.9 Å². The SMILES string of the molecule is CC(C)(C(=O)Cl)S(=O)(=O)CC1CCOCC1. The molecule has 1 aliphatic rings. The molecule has 0 unspecified atom stereocenters. The molecule has 16 heavy (non-hydrogen) atoms. The van der Waals surface area contributed by atoms with Crippen LogP contribution in [0.15, 0.2) is 0 Å². The zero-order valence-electron chi connectivity index (χ0n) is 9.53. The van der Waals surface area contributed by atoms with Crippen molar-refractivity contribution in [3.8, 4) is 0 Å². The number of ether oxygens (including phenoxy) is 1. The third kappa shape index (κ3) is 2.96. The number of rotatable bonds is 4. The van der Waals surface area contributed by atoms with Crippen molar-refractivity contribution in [1.82, 2.24) is 0 Å².